The molecule has 1 spiro atoms. The number of benzene rings is 1. The highest BCUT2D eigenvalue weighted by Gasteiger charge is 2.64. The van der Waals surface area contributed by atoms with Gasteiger partial charge in [-0.15, -0.1) is 0 Å². The van der Waals surface area contributed by atoms with Crippen molar-refractivity contribution in [3.63, 3.8) is 0 Å². The van der Waals surface area contributed by atoms with Gasteiger partial charge in [-0.05, 0) is 30.2 Å². The van der Waals surface area contributed by atoms with E-state index in [1.165, 1.54) is 6.07 Å². The minimum absolute atomic E-state index is 0.00881. The van der Waals surface area contributed by atoms with Gasteiger partial charge < -0.3 is 14.0 Å². The van der Waals surface area contributed by atoms with E-state index in [0.29, 0.717) is 23.5 Å². The molecule has 1 unspecified atom stereocenters. The van der Waals surface area contributed by atoms with Crippen molar-refractivity contribution in [2.45, 2.75) is 23.5 Å². The van der Waals surface area contributed by atoms with Crippen molar-refractivity contribution in [2.24, 2.45) is 7.05 Å². The fourth-order valence-electron chi connectivity index (χ4n) is 4.60. The number of carbonyl (C=O) groups is 1. The van der Waals surface area contributed by atoms with Gasteiger partial charge in [0, 0.05) is 32.8 Å². The first-order chi connectivity index (χ1) is 14.8. The molecule has 0 aliphatic carbocycles. The van der Waals surface area contributed by atoms with Crippen LogP contribution in [0.3, 0.4) is 0 Å². The molecule has 4 heterocycles. The molecule has 0 saturated carbocycles. The summed E-state index contributed by atoms with van der Waals surface area (Å²) in [7, 11) is -1.67. The molecule has 2 aliphatic heterocycles. The molecule has 1 atom stereocenters. The lowest BCUT2D eigenvalue weighted by Gasteiger charge is -2.48. The average molecular weight is 444 g/mol. The molecule has 8 nitrogen and oxygen atoms in total. The second-order valence-corrected chi connectivity index (χ2v) is 10.7. The summed E-state index contributed by atoms with van der Waals surface area (Å²) in [5.41, 5.74) is 0.943. The fraction of sp³-hybridized carbons (Fsp3) is 0.381. The molecular formula is C21H21FN4O4S. The predicted molar refractivity (Wildman–Crippen MR) is 109 cm³/mol. The molecular weight excluding hydrogens is 423 g/mol. The molecule has 2 fully saturated rings. The van der Waals surface area contributed by atoms with Crippen LogP contribution >= 0.6 is 0 Å². The van der Waals surface area contributed by atoms with Crippen molar-refractivity contribution >= 4 is 15.7 Å². The standard InChI is InChI=1S/C21H21FN4O4S/c1-25-9-4-7-17(25)20(27)26-12-21(13-26)15(8-10-31(21,28)29)19-23-18(24-30-19)11-14-5-2-3-6-16(14)22/h2-7,9,15H,8,10-13H2,1H3. The van der Waals surface area contributed by atoms with Gasteiger partial charge >= 0.3 is 0 Å². The van der Waals surface area contributed by atoms with Gasteiger partial charge in [0.2, 0.25) is 5.89 Å². The van der Waals surface area contributed by atoms with E-state index in [1.807, 2.05) is 0 Å². The maximum atomic E-state index is 13.9. The Hall–Kier alpha value is -3.01. The number of aryl methyl sites for hydroxylation is 1. The highest BCUT2D eigenvalue weighted by molar-refractivity contribution is 7.93. The van der Waals surface area contributed by atoms with E-state index in [9.17, 15) is 17.6 Å². The molecule has 2 aromatic heterocycles. The minimum Gasteiger partial charge on any atom is -0.347 e. The fourth-order valence-corrected chi connectivity index (χ4v) is 6.91. The van der Waals surface area contributed by atoms with Gasteiger partial charge in [0.05, 0.1) is 11.7 Å². The second-order valence-electron chi connectivity index (χ2n) is 8.21. The summed E-state index contributed by atoms with van der Waals surface area (Å²) in [5.74, 6) is -0.507. The van der Waals surface area contributed by atoms with E-state index in [0.717, 1.165) is 0 Å². The van der Waals surface area contributed by atoms with Gasteiger partial charge in [-0.3, -0.25) is 4.79 Å². The van der Waals surface area contributed by atoms with Gasteiger partial charge in [-0.25, -0.2) is 12.8 Å². The Balaban J connectivity index is 1.38. The van der Waals surface area contributed by atoms with Crippen molar-refractivity contribution in [1.29, 1.82) is 0 Å². The number of nitrogens with zero attached hydrogens (tertiary/aromatic N) is 4. The summed E-state index contributed by atoms with van der Waals surface area (Å²) in [5, 5.41) is 3.94. The van der Waals surface area contributed by atoms with Crippen LogP contribution in [-0.2, 0) is 23.3 Å². The SMILES string of the molecule is Cn1cccc1C(=O)N1CC2(C1)C(c1nc(Cc3ccccc3F)no1)CCS2(=O)=O. The number of likely N-dealkylation sites (tertiary alicyclic amines) is 1. The Morgan fingerprint density at radius 1 is 1.26 bits per heavy atom. The number of aromatic nitrogens is 3. The predicted octanol–water partition coefficient (Wildman–Crippen LogP) is 1.93. The summed E-state index contributed by atoms with van der Waals surface area (Å²) in [6.45, 7) is 0.185. The van der Waals surface area contributed by atoms with Gasteiger partial charge in [0.1, 0.15) is 16.3 Å². The van der Waals surface area contributed by atoms with E-state index < -0.39 is 20.5 Å². The highest BCUT2D eigenvalue weighted by Crippen LogP contribution is 2.49. The third kappa shape index (κ3) is 3.08. The van der Waals surface area contributed by atoms with Crippen molar-refractivity contribution in [3.8, 4) is 0 Å². The number of amides is 1. The molecule has 162 valence electrons. The maximum Gasteiger partial charge on any atom is 0.270 e. The second kappa shape index (κ2) is 7.01. The lowest BCUT2D eigenvalue weighted by Crippen LogP contribution is -2.67. The Morgan fingerprint density at radius 2 is 2.03 bits per heavy atom. The quantitative estimate of drug-likeness (QED) is 0.610. The highest BCUT2D eigenvalue weighted by atomic mass is 32.2. The lowest BCUT2D eigenvalue weighted by atomic mass is 9.83. The smallest absolute Gasteiger partial charge is 0.270 e. The lowest BCUT2D eigenvalue weighted by molar-refractivity contribution is 0.0494. The maximum absolute atomic E-state index is 13.9. The van der Waals surface area contributed by atoms with Gasteiger partial charge in [0.25, 0.3) is 5.91 Å². The van der Waals surface area contributed by atoms with Crippen LogP contribution < -0.4 is 0 Å². The van der Waals surface area contributed by atoms with E-state index in [4.69, 9.17) is 4.52 Å². The monoisotopic (exact) mass is 444 g/mol. The molecule has 1 amide bonds. The van der Waals surface area contributed by atoms with Crippen molar-refractivity contribution in [3.05, 3.63) is 71.4 Å². The molecule has 2 saturated heterocycles. The average Bonchev–Trinajstić information content (AvgIpc) is 3.39. The topological polar surface area (TPSA) is 98.3 Å². The third-order valence-corrected chi connectivity index (χ3v) is 8.94. The van der Waals surface area contributed by atoms with Crippen LogP contribution in [0.4, 0.5) is 4.39 Å². The van der Waals surface area contributed by atoms with Crippen LogP contribution in [0.2, 0.25) is 0 Å². The Morgan fingerprint density at radius 3 is 2.74 bits per heavy atom. The largest absolute Gasteiger partial charge is 0.347 e. The van der Waals surface area contributed by atoms with Crippen LogP contribution in [0.1, 0.15) is 40.1 Å². The molecule has 31 heavy (non-hydrogen) atoms. The molecule has 2 aliphatic rings. The summed E-state index contributed by atoms with van der Waals surface area (Å²) in [6, 6.07) is 9.82. The third-order valence-electron chi connectivity index (χ3n) is 6.39. The number of rotatable bonds is 4. The van der Waals surface area contributed by atoms with Crippen molar-refractivity contribution in [1.82, 2.24) is 19.6 Å². The minimum atomic E-state index is -3.44. The number of sulfone groups is 1. The number of hydrogen-bond donors (Lipinski definition) is 0. The molecule has 5 rings (SSSR count). The molecule has 0 radical (unpaired) electrons. The molecule has 0 N–H and O–H groups in total. The first kappa shape index (κ1) is 19.9. The normalized spacial score (nSPS) is 21.4. The van der Waals surface area contributed by atoms with Crippen LogP contribution in [0.25, 0.3) is 0 Å². The molecule has 10 heteroatoms. The van der Waals surface area contributed by atoms with Gasteiger partial charge in [0.15, 0.2) is 15.7 Å². The van der Waals surface area contributed by atoms with Crippen LogP contribution in [-0.4, -0.2) is 57.5 Å². The van der Waals surface area contributed by atoms with E-state index in [1.54, 1.807) is 53.0 Å². The van der Waals surface area contributed by atoms with Crippen molar-refractivity contribution < 1.29 is 22.1 Å². The summed E-state index contributed by atoms with van der Waals surface area (Å²) in [6.07, 6.45) is 2.28. The molecule has 0 bridgehead atoms. The summed E-state index contributed by atoms with van der Waals surface area (Å²) in [4.78, 5) is 18.7. The first-order valence-corrected chi connectivity index (χ1v) is 11.6. The van der Waals surface area contributed by atoms with Crippen LogP contribution in [0.5, 0.6) is 0 Å². The van der Waals surface area contributed by atoms with Gasteiger partial charge in [-0.1, -0.05) is 23.4 Å². The zero-order valence-electron chi connectivity index (χ0n) is 16.9. The Kier molecular flexibility index (Phi) is 4.51. The molecule has 1 aromatic carbocycles. The molecule has 3 aromatic rings. The zero-order valence-corrected chi connectivity index (χ0v) is 17.7. The van der Waals surface area contributed by atoms with Crippen molar-refractivity contribution in [2.75, 3.05) is 18.8 Å². The Labute approximate surface area is 178 Å². The number of carbonyl (C=O) groups excluding carboxylic acids is 1. The number of halogens is 1. The summed E-state index contributed by atoms with van der Waals surface area (Å²) < 4.78 is 45.8. The van der Waals surface area contributed by atoms with Crippen LogP contribution in [0.15, 0.2) is 47.1 Å². The Bertz CT molecular complexity index is 1260. The van der Waals surface area contributed by atoms with E-state index in [-0.39, 0.29) is 42.9 Å². The van der Waals surface area contributed by atoms with Crippen LogP contribution in [0, 0.1) is 5.82 Å². The van der Waals surface area contributed by atoms with Gasteiger partial charge in [-0.2, -0.15) is 4.98 Å². The van der Waals surface area contributed by atoms with E-state index in [2.05, 4.69) is 10.1 Å². The first-order valence-electron chi connectivity index (χ1n) is 9.99. The number of hydrogen-bond acceptors (Lipinski definition) is 6. The summed E-state index contributed by atoms with van der Waals surface area (Å²) >= 11 is 0. The van der Waals surface area contributed by atoms with E-state index >= 15 is 0 Å². The zero-order chi connectivity index (χ0) is 21.8.